The van der Waals surface area contributed by atoms with Crippen molar-refractivity contribution < 1.29 is 0 Å². The molecular weight excluding hydrogens is 386 g/mol. The topological polar surface area (TPSA) is 3.24 Å². The number of anilines is 2. The van der Waals surface area contributed by atoms with E-state index in [-0.39, 0.29) is 0 Å². The van der Waals surface area contributed by atoms with Gasteiger partial charge in [-0.2, -0.15) is 0 Å². The summed E-state index contributed by atoms with van der Waals surface area (Å²) in [4.78, 5) is 2.34. The Kier molecular flexibility index (Phi) is 4.40. The normalized spacial score (nSPS) is 11.3. The minimum absolute atomic E-state index is 1.20. The van der Waals surface area contributed by atoms with Crippen LogP contribution in [-0.4, -0.2) is 7.05 Å². The van der Waals surface area contributed by atoms with Gasteiger partial charge in [-0.05, 0) is 44.6 Å². The van der Waals surface area contributed by atoms with Crippen molar-refractivity contribution in [3.05, 3.63) is 121 Å². The first-order valence-electron chi connectivity index (χ1n) is 11.0. The number of nitrogens with zero attached hydrogens (tertiary/aromatic N) is 1. The maximum atomic E-state index is 2.34. The molecule has 0 bridgehead atoms. The van der Waals surface area contributed by atoms with Gasteiger partial charge in [0.15, 0.2) is 0 Å². The van der Waals surface area contributed by atoms with E-state index >= 15 is 0 Å². The molecule has 0 unspecified atom stereocenters. The van der Waals surface area contributed by atoms with Crippen molar-refractivity contribution >= 4 is 43.7 Å². The van der Waals surface area contributed by atoms with Crippen molar-refractivity contribution in [2.24, 2.45) is 0 Å². The van der Waals surface area contributed by atoms with Gasteiger partial charge >= 0.3 is 0 Å². The maximum absolute atomic E-state index is 2.34. The monoisotopic (exact) mass is 409 g/mol. The average Bonchev–Trinajstić information content (AvgIpc) is 2.88. The lowest BCUT2D eigenvalue weighted by molar-refractivity contribution is 1.22. The van der Waals surface area contributed by atoms with Crippen LogP contribution < -0.4 is 4.90 Å². The summed E-state index contributed by atoms with van der Waals surface area (Å²) in [6.07, 6.45) is 0. The summed E-state index contributed by atoms with van der Waals surface area (Å²) in [7, 11) is 2.18. The third kappa shape index (κ3) is 2.86. The van der Waals surface area contributed by atoms with Gasteiger partial charge in [-0.1, -0.05) is 109 Å². The maximum Gasteiger partial charge on any atom is 0.0494 e. The second-order valence-corrected chi connectivity index (χ2v) is 8.23. The van der Waals surface area contributed by atoms with Crippen LogP contribution in [0.3, 0.4) is 0 Å². The highest BCUT2D eigenvalue weighted by molar-refractivity contribution is 6.28. The van der Waals surface area contributed by atoms with Crippen molar-refractivity contribution in [1.82, 2.24) is 0 Å². The quantitative estimate of drug-likeness (QED) is 0.265. The first-order chi connectivity index (χ1) is 15.8. The smallest absolute Gasteiger partial charge is 0.0494 e. The highest BCUT2D eigenvalue weighted by Gasteiger charge is 2.16. The molecule has 0 saturated heterocycles. The Labute approximate surface area is 188 Å². The number of hydrogen-bond donors (Lipinski definition) is 0. The van der Waals surface area contributed by atoms with E-state index in [2.05, 4.69) is 133 Å². The number of hydrogen-bond acceptors (Lipinski definition) is 1. The molecule has 6 aromatic carbocycles. The van der Waals surface area contributed by atoms with Crippen LogP contribution in [0.5, 0.6) is 0 Å². The summed E-state index contributed by atoms with van der Waals surface area (Å²) in [5, 5.41) is 7.79. The Morgan fingerprint density at radius 3 is 1.56 bits per heavy atom. The Balaban J connectivity index is 1.67. The van der Waals surface area contributed by atoms with E-state index in [1.165, 1.54) is 54.8 Å². The lowest BCUT2D eigenvalue weighted by Gasteiger charge is -2.25. The predicted molar refractivity (Wildman–Crippen MR) is 139 cm³/mol. The van der Waals surface area contributed by atoms with Gasteiger partial charge in [0.2, 0.25) is 0 Å². The fraction of sp³-hybridized carbons (Fsp3) is 0.0323. The van der Waals surface area contributed by atoms with Gasteiger partial charge in [0, 0.05) is 29.4 Å². The van der Waals surface area contributed by atoms with Crippen LogP contribution in [0.1, 0.15) is 0 Å². The second-order valence-electron chi connectivity index (χ2n) is 8.23. The zero-order valence-electron chi connectivity index (χ0n) is 18.0. The molecule has 6 aromatic rings. The van der Waals surface area contributed by atoms with E-state index in [0.29, 0.717) is 0 Å². The molecule has 0 heterocycles. The van der Waals surface area contributed by atoms with E-state index in [4.69, 9.17) is 0 Å². The molecule has 32 heavy (non-hydrogen) atoms. The van der Waals surface area contributed by atoms with Crippen molar-refractivity contribution in [2.45, 2.75) is 0 Å². The van der Waals surface area contributed by atoms with Gasteiger partial charge in [0.1, 0.15) is 0 Å². The molecule has 0 N–H and O–H groups in total. The number of fused-ring (bicyclic) bond motifs is 6. The van der Waals surface area contributed by atoms with Crippen molar-refractivity contribution in [3.63, 3.8) is 0 Å². The summed E-state index contributed by atoms with van der Waals surface area (Å²) in [6, 6.07) is 43.5. The van der Waals surface area contributed by atoms with E-state index < -0.39 is 0 Å². The van der Waals surface area contributed by atoms with Gasteiger partial charge in [-0.15, -0.1) is 0 Å². The predicted octanol–water partition coefficient (Wildman–Crippen LogP) is 8.58. The highest BCUT2D eigenvalue weighted by Crippen LogP contribution is 2.42. The summed E-state index contributed by atoms with van der Waals surface area (Å²) in [6.45, 7) is 0. The highest BCUT2D eigenvalue weighted by atomic mass is 15.1. The van der Waals surface area contributed by atoms with Crippen LogP contribution in [0.15, 0.2) is 121 Å². The molecule has 1 heteroatoms. The molecule has 0 amide bonds. The zero-order chi connectivity index (χ0) is 21.5. The zero-order valence-corrected chi connectivity index (χ0v) is 18.0. The van der Waals surface area contributed by atoms with Crippen molar-refractivity contribution in [3.8, 4) is 11.1 Å². The molecule has 0 aliphatic rings. The lowest BCUT2D eigenvalue weighted by atomic mass is 9.93. The molecule has 0 atom stereocenters. The fourth-order valence-corrected chi connectivity index (χ4v) is 4.97. The van der Waals surface area contributed by atoms with Gasteiger partial charge in [0.25, 0.3) is 0 Å². The van der Waals surface area contributed by atoms with Crippen LogP contribution in [-0.2, 0) is 0 Å². The van der Waals surface area contributed by atoms with Gasteiger partial charge in [0.05, 0.1) is 0 Å². The molecule has 0 aliphatic carbocycles. The van der Waals surface area contributed by atoms with Crippen molar-refractivity contribution in [2.75, 3.05) is 11.9 Å². The largest absolute Gasteiger partial charge is 0.344 e. The summed E-state index contributed by atoms with van der Waals surface area (Å²) in [5.41, 5.74) is 4.87. The standard InChI is InChI=1S/C31H23N/c1-32(29-20-10-9-14-23(29)22-12-3-2-4-13-22)30-21-11-19-28-26-16-6-5-15-24(26)25-17-7-8-18-27(25)31(28)30/h2-21H,1H3. The molecule has 1 nitrogen and oxygen atoms in total. The molecule has 0 aromatic heterocycles. The van der Waals surface area contributed by atoms with Crippen LogP contribution in [0.4, 0.5) is 11.4 Å². The second kappa shape index (κ2) is 7.55. The van der Waals surface area contributed by atoms with Gasteiger partial charge < -0.3 is 4.90 Å². The van der Waals surface area contributed by atoms with Crippen LogP contribution >= 0.6 is 0 Å². The summed E-state index contributed by atoms with van der Waals surface area (Å²) >= 11 is 0. The number of rotatable bonds is 3. The van der Waals surface area contributed by atoms with E-state index in [9.17, 15) is 0 Å². The molecule has 6 rings (SSSR count). The minimum Gasteiger partial charge on any atom is -0.344 e. The molecular formula is C31H23N. The number of para-hydroxylation sites is 1. The Morgan fingerprint density at radius 2 is 0.875 bits per heavy atom. The summed E-state index contributed by atoms with van der Waals surface area (Å²) < 4.78 is 0. The molecule has 0 saturated carbocycles. The van der Waals surface area contributed by atoms with Crippen LogP contribution in [0.2, 0.25) is 0 Å². The van der Waals surface area contributed by atoms with Crippen molar-refractivity contribution in [1.29, 1.82) is 0 Å². The van der Waals surface area contributed by atoms with E-state index in [1.54, 1.807) is 0 Å². The third-order valence-electron chi connectivity index (χ3n) is 6.46. The Bertz CT molecular complexity index is 1540. The van der Waals surface area contributed by atoms with Crippen LogP contribution in [0, 0.1) is 0 Å². The molecule has 0 spiro atoms. The fourth-order valence-electron chi connectivity index (χ4n) is 4.97. The lowest BCUT2D eigenvalue weighted by Crippen LogP contribution is -2.11. The minimum atomic E-state index is 1.20. The first-order valence-corrected chi connectivity index (χ1v) is 11.0. The molecule has 152 valence electrons. The van der Waals surface area contributed by atoms with E-state index in [0.717, 1.165) is 0 Å². The average molecular weight is 410 g/mol. The van der Waals surface area contributed by atoms with Gasteiger partial charge in [-0.3, -0.25) is 0 Å². The number of benzene rings is 6. The molecule has 0 fully saturated rings. The van der Waals surface area contributed by atoms with Crippen LogP contribution in [0.25, 0.3) is 43.4 Å². The molecule has 0 aliphatic heterocycles. The first kappa shape index (κ1) is 18.7. The van der Waals surface area contributed by atoms with E-state index in [1.807, 2.05) is 0 Å². The molecule has 0 radical (unpaired) electrons. The third-order valence-corrected chi connectivity index (χ3v) is 6.46. The Hall–Kier alpha value is -4.10. The van der Waals surface area contributed by atoms with Gasteiger partial charge in [-0.25, -0.2) is 0 Å². The summed E-state index contributed by atoms with van der Waals surface area (Å²) in [5.74, 6) is 0. The SMILES string of the molecule is CN(c1ccccc1-c1ccccc1)c1cccc2c3ccccc3c3ccccc3c12. The Morgan fingerprint density at radius 1 is 0.406 bits per heavy atom.